The van der Waals surface area contributed by atoms with Crippen molar-refractivity contribution in [2.45, 2.75) is 13.0 Å². The Morgan fingerprint density at radius 1 is 0.792 bits per heavy atom. The fourth-order valence-corrected chi connectivity index (χ4v) is 2.10. The molecule has 0 aliphatic rings. The van der Waals surface area contributed by atoms with E-state index in [9.17, 15) is 0 Å². The normalized spacial score (nSPS) is 11.5. The van der Waals surface area contributed by atoms with Crippen LogP contribution in [0.15, 0.2) is 79.0 Å². The molecule has 0 bridgehead atoms. The number of hydrogen-bond acceptors (Lipinski definition) is 4. The average molecular weight is 321 g/mol. The summed E-state index contributed by atoms with van der Waals surface area (Å²) in [4.78, 5) is 4.13. The number of benzene rings is 2. The second-order valence-electron chi connectivity index (χ2n) is 5.29. The molecule has 4 nitrogen and oxygen atoms in total. The molecule has 0 radical (unpaired) electrons. The number of para-hydroxylation sites is 1. The first kappa shape index (κ1) is 15.9. The Hall–Kier alpha value is -3.01. The van der Waals surface area contributed by atoms with E-state index in [0.717, 1.165) is 17.2 Å². The van der Waals surface area contributed by atoms with E-state index >= 15 is 0 Å². The highest BCUT2D eigenvalue weighted by molar-refractivity contribution is 5.35. The number of ether oxygens (including phenoxy) is 3. The summed E-state index contributed by atoms with van der Waals surface area (Å²) < 4.78 is 17.2. The lowest BCUT2D eigenvalue weighted by molar-refractivity contribution is 0.138. The lowest BCUT2D eigenvalue weighted by Crippen LogP contribution is -2.21. The van der Waals surface area contributed by atoms with Gasteiger partial charge in [0.05, 0.1) is 0 Å². The first-order chi connectivity index (χ1) is 11.8. The Morgan fingerprint density at radius 2 is 1.46 bits per heavy atom. The number of aromatic nitrogens is 1. The van der Waals surface area contributed by atoms with Crippen LogP contribution >= 0.6 is 0 Å². The van der Waals surface area contributed by atoms with Crippen LogP contribution < -0.4 is 14.2 Å². The van der Waals surface area contributed by atoms with Gasteiger partial charge in [0.25, 0.3) is 0 Å². The summed E-state index contributed by atoms with van der Waals surface area (Å²) in [5.41, 5.74) is 0. The van der Waals surface area contributed by atoms with Crippen molar-refractivity contribution in [1.29, 1.82) is 0 Å². The molecule has 1 atom stereocenters. The van der Waals surface area contributed by atoms with Gasteiger partial charge in [-0.2, -0.15) is 0 Å². The summed E-state index contributed by atoms with van der Waals surface area (Å²) in [5.74, 6) is 2.95. The fraction of sp³-hybridized carbons (Fsp3) is 0.150. The zero-order chi connectivity index (χ0) is 16.6. The van der Waals surface area contributed by atoms with Gasteiger partial charge in [0, 0.05) is 12.3 Å². The van der Waals surface area contributed by atoms with Crippen molar-refractivity contribution in [2.75, 3.05) is 6.61 Å². The molecule has 0 saturated heterocycles. The van der Waals surface area contributed by atoms with Crippen molar-refractivity contribution in [2.24, 2.45) is 0 Å². The second kappa shape index (κ2) is 8.02. The molecule has 3 aromatic rings. The van der Waals surface area contributed by atoms with E-state index in [1.165, 1.54) is 0 Å². The van der Waals surface area contributed by atoms with Gasteiger partial charge in [-0.25, -0.2) is 4.98 Å². The van der Waals surface area contributed by atoms with Crippen LogP contribution in [0.1, 0.15) is 6.92 Å². The predicted octanol–water partition coefficient (Wildman–Crippen LogP) is 4.72. The van der Waals surface area contributed by atoms with Crippen molar-refractivity contribution in [3.05, 3.63) is 79.0 Å². The van der Waals surface area contributed by atoms with Gasteiger partial charge in [-0.05, 0) is 49.4 Å². The molecule has 4 heteroatoms. The summed E-state index contributed by atoms with van der Waals surface area (Å²) in [6.45, 7) is 2.39. The van der Waals surface area contributed by atoms with E-state index in [-0.39, 0.29) is 6.10 Å². The highest BCUT2D eigenvalue weighted by atomic mass is 16.5. The minimum atomic E-state index is -0.0971. The van der Waals surface area contributed by atoms with Crippen LogP contribution in [-0.4, -0.2) is 17.7 Å². The van der Waals surface area contributed by atoms with Crippen LogP contribution in [0.4, 0.5) is 0 Å². The molecule has 0 spiro atoms. The number of nitrogens with zero attached hydrogens (tertiary/aromatic N) is 1. The summed E-state index contributed by atoms with van der Waals surface area (Å²) in [7, 11) is 0. The van der Waals surface area contributed by atoms with Crippen molar-refractivity contribution in [1.82, 2.24) is 4.98 Å². The van der Waals surface area contributed by atoms with Gasteiger partial charge in [0.1, 0.15) is 30.0 Å². The second-order valence-corrected chi connectivity index (χ2v) is 5.29. The topological polar surface area (TPSA) is 40.6 Å². The molecule has 2 aromatic carbocycles. The maximum Gasteiger partial charge on any atom is 0.213 e. The molecule has 1 heterocycles. The first-order valence-electron chi connectivity index (χ1n) is 7.83. The lowest BCUT2D eigenvalue weighted by Gasteiger charge is -2.15. The van der Waals surface area contributed by atoms with Gasteiger partial charge in [-0.1, -0.05) is 24.3 Å². The minimum absolute atomic E-state index is 0.0971. The molecule has 0 amide bonds. The number of pyridine rings is 1. The van der Waals surface area contributed by atoms with E-state index in [0.29, 0.717) is 12.5 Å². The Kier molecular flexibility index (Phi) is 5.30. The van der Waals surface area contributed by atoms with Crippen LogP contribution in [0.5, 0.6) is 23.1 Å². The van der Waals surface area contributed by atoms with Crippen molar-refractivity contribution in [3.63, 3.8) is 0 Å². The molecular formula is C20H19NO3. The molecule has 1 aromatic heterocycles. The van der Waals surface area contributed by atoms with Gasteiger partial charge in [-0.15, -0.1) is 0 Å². The molecule has 0 N–H and O–H groups in total. The van der Waals surface area contributed by atoms with E-state index < -0.39 is 0 Å². The van der Waals surface area contributed by atoms with Crippen LogP contribution in [0.3, 0.4) is 0 Å². The molecule has 122 valence electrons. The molecular weight excluding hydrogens is 302 g/mol. The van der Waals surface area contributed by atoms with E-state index in [1.54, 1.807) is 6.20 Å². The fourth-order valence-electron chi connectivity index (χ4n) is 2.10. The standard InChI is InChI=1S/C20H19NO3/c1-16(23-20-9-5-6-14-21-20)15-22-17-10-12-19(13-11-17)24-18-7-3-2-4-8-18/h2-14,16H,15H2,1H3/t16-/m1/s1. The zero-order valence-corrected chi connectivity index (χ0v) is 13.5. The monoisotopic (exact) mass is 321 g/mol. The molecule has 0 fully saturated rings. The van der Waals surface area contributed by atoms with Crippen molar-refractivity contribution in [3.8, 4) is 23.1 Å². The van der Waals surface area contributed by atoms with Gasteiger partial charge in [0.15, 0.2) is 0 Å². The maximum atomic E-state index is 5.75. The highest BCUT2D eigenvalue weighted by Gasteiger charge is 2.06. The van der Waals surface area contributed by atoms with Crippen LogP contribution in [0.2, 0.25) is 0 Å². The average Bonchev–Trinajstić information content (AvgIpc) is 2.63. The Balaban J connectivity index is 1.49. The third kappa shape index (κ3) is 4.74. The highest BCUT2D eigenvalue weighted by Crippen LogP contribution is 2.23. The van der Waals surface area contributed by atoms with Gasteiger partial charge < -0.3 is 14.2 Å². The largest absolute Gasteiger partial charge is 0.490 e. The molecule has 0 aliphatic carbocycles. The van der Waals surface area contributed by atoms with E-state index in [4.69, 9.17) is 14.2 Å². The number of hydrogen-bond donors (Lipinski definition) is 0. The Bertz CT molecular complexity index is 730. The molecule has 3 rings (SSSR count). The van der Waals surface area contributed by atoms with E-state index in [2.05, 4.69) is 4.98 Å². The maximum absolute atomic E-state index is 5.75. The molecule has 0 unspecified atom stereocenters. The van der Waals surface area contributed by atoms with Gasteiger partial charge in [0.2, 0.25) is 5.88 Å². The van der Waals surface area contributed by atoms with Gasteiger partial charge in [-0.3, -0.25) is 0 Å². The number of rotatable bonds is 7. The van der Waals surface area contributed by atoms with Gasteiger partial charge >= 0.3 is 0 Å². The van der Waals surface area contributed by atoms with Crippen LogP contribution in [-0.2, 0) is 0 Å². The summed E-state index contributed by atoms with van der Waals surface area (Å²) in [6, 6.07) is 22.8. The van der Waals surface area contributed by atoms with Crippen LogP contribution in [0, 0.1) is 0 Å². The first-order valence-corrected chi connectivity index (χ1v) is 7.83. The summed E-state index contributed by atoms with van der Waals surface area (Å²) in [6.07, 6.45) is 1.61. The Morgan fingerprint density at radius 3 is 2.17 bits per heavy atom. The summed E-state index contributed by atoms with van der Waals surface area (Å²) in [5, 5.41) is 0. The SMILES string of the molecule is C[C@H](COc1ccc(Oc2ccccc2)cc1)Oc1ccccn1. The zero-order valence-electron chi connectivity index (χ0n) is 13.5. The smallest absolute Gasteiger partial charge is 0.213 e. The van der Waals surface area contributed by atoms with Crippen molar-refractivity contribution >= 4 is 0 Å². The summed E-state index contributed by atoms with van der Waals surface area (Å²) >= 11 is 0. The molecule has 24 heavy (non-hydrogen) atoms. The third-order valence-corrected chi connectivity index (χ3v) is 3.25. The Labute approximate surface area is 141 Å². The third-order valence-electron chi connectivity index (χ3n) is 3.25. The molecule has 0 saturated carbocycles. The molecule has 0 aliphatic heterocycles. The predicted molar refractivity (Wildman–Crippen MR) is 92.8 cm³/mol. The van der Waals surface area contributed by atoms with Crippen molar-refractivity contribution < 1.29 is 14.2 Å². The van der Waals surface area contributed by atoms with Crippen LogP contribution in [0.25, 0.3) is 0 Å². The van der Waals surface area contributed by atoms with E-state index in [1.807, 2.05) is 79.7 Å². The lowest BCUT2D eigenvalue weighted by atomic mass is 10.3. The minimum Gasteiger partial charge on any atom is -0.490 e. The quantitative estimate of drug-likeness (QED) is 0.631.